The molecule has 1 aliphatic rings. The van der Waals surface area contributed by atoms with Crippen LogP contribution in [0.4, 0.5) is 0 Å². The summed E-state index contributed by atoms with van der Waals surface area (Å²) in [7, 11) is 0. The van der Waals surface area contributed by atoms with Crippen LogP contribution in [-0.4, -0.2) is 40.6 Å². The van der Waals surface area contributed by atoms with E-state index in [9.17, 15) is 5.11 Å². The van der Waals surface area contributed by atoms with Crippen LogP contribution in [0.1, 0.15) is 37.7 Å². The van der Waals surface area contributed by atoms with Gasteiger partial charge in [-0.3, -0.25) is 4.68 Å². The summed E-state index contributed by atoms with van der Waals surface area (Å²) in [5.74, 6) is 0.313. The summed E-state index contributed by atoms with van der Waals surface area (Å²) in [6.45, 7) is 14.0. The third kappa shape index (κ3) is 3.22. The Hall–Kier alpha value is -0.910. The molecule has 0 aliphatic carbocycles. The van der Waals surface area contributed by atoms with Crippen molar-refractivity contribution in [2.24, 2.45) is 5.92 Å². The summed E-state index contributed by atoms with van der Waals surface area (Å²) in [5, 5.41) is 21.1. The molecular weight excluding hydrogens is 252 g/mol. The number of aliphatic hydroxyl groups excluding tert-OH is 1. The molecule has 1 fully saturated rings. The fourth-order valence-electron chi connectivity index (χ4n) is 2.89. The molecular formula is C15H28N4O. The number of hydrogen-bond donors (Lipinski definition) is 3. The minimum absolute atomic E-state index is 0.0126. The number of rotatable bonds is 4. The van der Waals surface area contributed by atoms with Gasteiger partial charge in [0.05, 0.1) is 17.3 Å². The highest BCUT2D eigenvalue weighted by molar-refractivity contribution is 5.25. The third-order valence-electron chi connectivity index (χ3n) is 4.09. The van der Waals surface area contributed by atoms with E-state index in [1.165, 1.54) is 11.3 Å². The van der Waals surface area contributed by atoms with Gasteiger partial charge in [0.15, 0.2) is 0 Å². The Kier molecular flexibility index (Phi) is 4.52. The number of nitrogens with zero attached hydrogens (tertiary/aromatic N) is 2. The lowest BCUT2D eigenvalue weighted by Crippen LogP contribution is -2.30. The highest BCUT2D eigenvalue weighted by Gasteiger charge is 2.25. The van der Waals surface area contributed by atoms with Crippen LogP contribution in [0.2, 0.25) is 0 Å². The first-order valence-electron chi connectivity index (χ1n) is 7.45. The quantitative estimate of drug-likeness (QED) is 0.768. The van der Waals surface area contributed by atoms with Gasteiger partial charge < -0.3 is 15.7 Å². The standard InChI is InChI=1S/C15H28N4O/c1-10-13(11(2)19(18-10)15(3,4)5)8-16-6-12-7-17-9-14(12)20/h12,14,16-17,20H,6-9H2,1-5H3. The molecule has 2 rings (SSSR count). The molecule has 3 N–H and O–H groups in total. The lowest BCUT2D eigenvalue weighted by Gasteiger charge is -2.21. The Morgan fingerprint density at radius 2 is 2.05 bits per heavy atom. The predicted octanol–water partition coefficient (Wildman–Crippen LogP) is 0.925. The molecule has 2 unspecified atom stereocenters. The van der Waals surface area contributed by atoms with Crippen molar-refractivity contribution in [2.75, 3.05) is 19.6 Å². The zero-order valence-electron chi connectivity index (χ0n) is 13.3. The molecule has 1 aliphatic heterocycles. The molecule has 0 radical (unpaired) electrons. The molecule has 0 spiro atoms. The molecule has 20 heavy (non-hydrogen) atoms. The number of hydrogen-bond acceptors (Lipinski definition) is 4. The lowest BCUT2D eigenvalue weighted by molar-refractivity contribution is 0.146. The normalized spacial score (nSPS) is 23.5. The highest BCUT2D eigenvalue weighted by atomic mass is 16.3. The zero-order chi connectivity index (χ0) is 14.9. The maximum absolute atomic E-state index is 9.79. The maximum Gasteiger partial charge on any atom is 0.0716 e. The fraction of sp³-hybridized carbons (Fsp3) is 0.800. The van der Waals surface area contributed by atoms with Gasteiger partial charge in [-0.2, -0.15) is 5.10 Å². The van der Waals surface area contributed by atoms with Crippen LogP contribution in [0.25, 0.3) is 0 Å². The summed E-state index contributed by atoms with van der Waals surface area (Å²) >= 11 is 0. The zero-order valence-corrected chi connectivity index (χ0v) is 13.3. The summed E-state index contributed by atoms with van der Waals surface area (Å²) in [5.41, 5.74) is 3.61. The molecule has 114 valence electrons. The van der Waals surface area contributed by atoms with E-state index >= 15 is 0 Å². The van der Waals surface area contributed by atoms with Gasteiger partial charge in [0.1, 0.15) is 0 Å². The van der Waals surface area contributed by atoms with Gasteiger partial charge in [0.25, 0.3) is 0 Å². The molecule has 1 saturated heterocycles. The minimum Gasteiger partial charge on any atom is -0.391 e. The lowest BCUT2D eigenvalue weighted by atomic mass is 10.1. The van der Waals surface area contributed by atoms with Gasteiger partial charge in [-0.15, -0.1) is 0 Å². The number of aromatic nitrogens is 2. The van der Waals surface area contributed by atoms with Crippen LogP contribution in [0, 0.1) is 19.8 Å². The van der Waals surface area contributed by atoms with E-state index in [0.717, 1.165) is 25.3 Å². The summed E-state index contributed by atoms with van der Waals surface area (Å²) < 4.78 is 2.10. The first kappa shape index (κ1) is 15.5. The average molecular weight is 280 g/mol. The van der Waals surface area contributed by atoms with E-state index in [1.807, 2.05) is 0 Å². The van der Waals surface area contributed by atoms with Crippen molar-refractivity contribution in [1.29, 1.82) is 0 Å². The SMILES string of the molecule is Cc1nn(C(C)(C)C)c(C)c1CNCC1CNCC1O. The van der Waals surface area contributed by atoms with Crippen LogP contribution in [-0.2, 0) is 12.1 Å². The van der Waals surface area contributed by atoms with Gasteiger partial charge in [0, 0.05) is 43.4 Å². The molecule has 1 aromatic heterocycles. The third-order valence-corrected chi connectivity index (χ3v) is 4.09. The van der Waals surface area contributed by atoms with Crippen molar-refractivity contribution in [3.05, 3.63) is 17.0 Å². The average Bonchev–Trinajstić information content (AvgIpc) is 2.86. The molecule has 5 heteroatoms. The Balaban J connectivity index is 1.98. The summed E-state index contributed by atoms with van der Waals surface area (Å²) in [6, 6.07) is 0. The van der Waals surface area contributed by atoms with Crippen molar-refractivity contribution in [2.45, 2.75) is 52.8 Å². The topological polar surface area (TPSA) is 62.1 Å². The minimum atomic E-state index is -0.220. The number of aryl methyl sites for hydroxylation is 1. The number of nitrogens with one attached hydrogen (secondary N) is 2. The molecule has 5 nitrogen and oxygen atoms in total. The summed E-state index contributed by atoms with van der Waals surface area (Å²) in [4.78, 5) is 0. The van der Waals surface area contributed by atoms with Gasteiger partial charge >= 0.3 is 0 Å². The maximum atomic E-state index is 9.79. The first-order valence-corrected chi connectivity index (χ1v) is 7.45. The monoisotopic (exact) mass is 280 g/mol. The van der Waals surface area contributed by atoms with E-state index in [0.29, 0.717) is 12.5 Å². The van der Waals surface area contributed by atoms with Crippen molar-refractivity contribution in [3.63, 3.8) is 0 Å². The van der Waals surface area contributed by atoms with Gasteiger partial charge in [-0.05, 0) is 34.6 Å². The second-order valence-corrected chi connectivity index (χ2v) is 6.85. The van der Waals surface area contributed by atoms with E-state index in [-0.39, 0.29) is 11.6 Å². The van der Waals surface area contributed by atoms with Crippen molar-refractivity contribution < 1.29 is 5.11 Å². The van der Waals surface area contributed by atoms with Crippen LogP contribution in [0.3, 0.4) is 0 Å². The van der Waals surface area contributed by atoms with E-state index < -0.39 is 0 Å². The number of β-amino-alcohol motifs (C(OH)–C–C–N with tert-alkyl or cyclic N) is 1. The molecule has 0 amide bonds. The Bertz CT molecular complexity index is 461. The van der Waals surface area contributed by atoms with Crippen molar-refractivity contribution >= 4 is 0 Å². The molecule has 2 heterocycles. The van der Waals surface area contributed by atoms with Crippen LogP contribution >= 0.6 is 0 Å². The van der Waals surface area contributed by atoms with Crippen molar-refractivity contribution in [1.82, 2.24) is 20.4 Å². The van der Waals surface area contributed by atoms with E-state index in [2.05, 4.69) is 55.0 Å². The second kappa shape index (κ2) is 5.84. The molecule has 0 aromatic carbocycles. The molecule has 0 saturated carbocycles. The largest absolute Gasteiger partial charge is 0.391 e. The Morgan fingerprint density at radius 3 is 2.55 bits per heavy atom. The molecule has 2 atom stereocenters. The van der Waals surface area contributed by atoms with Gasteiger partial charge in [0.2, 0.25) is 0 Å². The van der Waals surface area contributed by atoms with Crippen LogP contribution < -0.4 is 10.6 Å². The fourth-order valence-corrected chi connectivity index (χ4v) is 2.89. The first-order chi connectivity index (χ1) is 9.30. The van der Waals surface area contributed by atoms with Crippen molar-refractivity contribution in [3.8, 4) is 0 Å². The number of aliphatic hydroxyl groups is 1. The van der Waals surface area contributed by atoms with Gasteiger partial charge in [-0.1, -0.05) is 0 Å². The summed E-state index contributed by atoms with van der Waals surface area (Å²) in [6.07, 6.45) is -0.220. The van der Waals surface area contributed by atoms with E-state index in [4.69, 9.17) is 0 Å². The van der Waals surface area contributed by atoms with Crippen LogP contribution in [0.5, 0.6) is 0 Å². The molecule has 0 bridgehead atoms. The second-order valence-electron chi connectivity index (χ2n) is 6.85. The Morgan fingerprint density at radius 1 is 1.35 bits per heavy atom. The predicted molar refractivity (Wildman–Crippen MR) is 80.8 cm³/mol. The van der Waals surface area contributed by atoms with E-state index in [1.54, 1.807) is 0 Å². The molecule has 1 aromatic rings. The van der Waals surface area contributed by atoms with Crippen LogP contribution in [0.15, 0.2) is 0 Å². The Labute approximate surface area is 121 Å². The highest BCUT2D eigenvalue weighted by Crippen LogP contribution is 2.21. The smallest absolute Gasteiger partial charge is 0.0716 e. The van der Waals surface area contributed by atoms with Gasteiger partial charge in [-0.25, -0.2) is 0 Å².